The fraction of sp³-hybridized carbons (Fsp3) is 0.333. The second-order valence-electron chi connectivity index (χ2n) is 3.47. The molecule has 0 saturated carbocycles. The second kappa shape index (κ2) is 3.96. The highest BCUT2D eigenvalue weighted by atomic mass is 16.5. The van der Waals surface area contributed by atoms with Crippen LogP contribution in [0.1, 0.15) is 12.7 Å². The van der Waals surface area contributed by atoms with Gasteiger partial charge >= 0.3 is 0 Å². The molecule has 4 heteroatoms. The Morgan fingerprint density at radius 1 is 1.25 bits per heavy atom. The molecular weight excluding hydrogens is 206 g/mol. The molecule has 0 amide bonds. The predicted octanol–water partition coefficient (Wildman–Crippen LogP) is 2.59. The molecule has 86 valence electrons. The molecule has 0 unspecified atom stereocenters. The van der Waals surface area contributed by atoms with Crippen LogP contribution in [0, 0.1) is 0 Å². The predicted molar refractivity (Wildman–Crippen MR) is 63.1 cm³/mol. The highest BCUT2D eigenvalue weighted by Gasteiger charge is 2.17. The van der Waals surface area contributed by atoms with Crippen molar-refractivity contribution in [3.63, 3.8) is 0 Å². The Balaban J connectivity index is 2.77. The molecule has 0 aliphatic carbocycles. The molecule has 0 radical (unpaired) electrons. The smallest absolute Gasteiger partial charge is 0.204 e. The number of hydrogen-bond donors (Lipinski definition) is 1. The molecule has 2 N–H and O–H groups in total. The van der Waals surface area contributed by atoms with Gasteiger partial charge in [-0.05, 0) is 12.1 Å². The van der Waals surface area contributed by atoms with Crippen molar-refractivity contribution in [1.82, 2.24) is 0 Å². The third kappa shape index (κ3) is 1.38. The Hall–Kier alpha value is -1.84. The van der Waals surface area contributed by atoms with Crippen LogP contribution in [0.25, 0.3) is 11.0 Å². The van der Waals surface area contributed by atoms with Crippen LogP contribution < -0.4 is 15.2 Å². The lowest BCUT2D eigenvalue weighted by Gasteiger charge is -2.06. The Bertz CT molecular complexity index is 516. The van der Waals surface area contributed by atoms with Crippen molar-refractivity contribution >= 4 is 16.7 Å². The first-order valence-electron chi connectivity index (χ1n) is 5.14. The highest BCUT2D eigenvalue weighted by Crippen LogP contribution is 2.40. The minimum Gasteiger partial charge on any atom is -0.493 e. The lowest BCUT2D eigenvalue weighted by atomic mass is 10.2. The fourth-order valence-corrected chi connectivity index (χ4v) is 1.80. The number of furan rings is 1. The first-order valence-corrected chi connectivity index (χ1v) is 5.14. The van der Waals surface area contributed by atoms with E-state index in [4.69, 9.17) is 19.6 Å². The number of rotatable bonds is 3. The van der Waals surface area contributed by atoms with Crippen molar-refractivity contribution in [2.24, 2.45) is 0 Å². The highest BCUT2D eigenvalue weighted by molar-refractivity contribution is 5.96. The number of anilines is 1. The lowest BCUT2D eigenvalue weighted by molar-refractivity contribution is 0.352. The minimum absolute atomic E-state index is 0.589. The van der Waals surface area contributed by atoms with Gasteiger partial charge in [0.25, 0.3) is 0 Å². The van der Waals surface area contributed by atoms with Crippen LogP contribution in [0.15, 0.2) is 16.5 Å². The van der Waals surface area contributed by atoms with Gasteiger partial charge in [0.1, 0.15) is 5.76 Å². The van der Waals surface area contributed by atoms with E-state index in [1.54, 1.807) is 14.2 Å². The summed E-state index contributed by atoms with van der Waals surface area (Å²) in [6.07, 6.45) is 0.756. The van der Waals surface area contributed by atoms with Gasteiger partial charge in [-0.2, -0.15) is 0 Å². The van der Waals surface area contributed by atoms with Gasteiger partial charge in [0, 0.05) is 11.8 Å². The van der Waals surface area contributed by atoms with Gasteiger partial charge in [-0.3, -0.25) is 0 Å². The summed E-state index contributed by atoms with van der Waals surface area (Å²) in [6, 6.07) is 3.71. The zero-order valence-corrected chi connectivity index (χ0v) is 9.66. The summed E-state index contributed by atoms with van der Waals surface area (Å²) in [6.45, 7) is 2.00. The molecule has 2 aromatic rings. The summed E-state index contributed by atoms with van der Waals surface area (Å²) in [5.74, 6) is 2.01. The zero-order chi connectivity index (χ0) is 11.7. The molecule has 0 bridgehead atoms. The maximum Gasteiger partial charge on any atom is 0.204 e. The summed E-state index contributed by atoms with van der Waals surface area (Å²) in [5, 5.41) is 0.870. The number of benzene rings is 1. The first kappa shape index (κ1) is 10.7. The molecule has 0 fully saturated rings. The van der Waals surface area contributed by atoms with Crippen molar-refractivity contribution in [1.29, 1.82) is 0 Å². The van der Waals surface area contributed by atoms with Gasteiger partial charge in [0.2, 0.25) is 5.75 Å². The molecule has 0 saturated heterocycles. The lowest BCUT2D eigenvalue weighted by Crippen LogP contribution is -1.91. The number of methoxy groups -OCH3 is 2. The number of ether oxygens (including phenoxy) is 2. The van der Waals surface area contributed by atoms with E-state index in [9.17, 15) is 0 Å². The fourth-order valence-electron chi connectivity index (χ4n) is 1.80. The van der Waals surface area contributed by atoms with Gasteiger partial charge in [-0.25, -0.2) is 0 Å². The summed E-state index contributed by atoms with van der Waals surface area (Å²) in [5.41, 5.74) is 7.30. The molecular formula is C12H15NO3. The molecule has 0 aliphatic heterocycles. The molecule has 0 aliphatic rings. The summed E-state index contributed by atoms with van der Waals surface area (Å²) < 4.78 is 16.2. The van der Waals surface area contributed by atoms with Gasteiger partial charge in [-0.1, -0.05) is 6.92 Å². The molecule has 1 aromatic carbocycles. The third-order valence-electron chi connectivity index (χ3n) is 2.64. The zero-order valence-electron chi connectivity index (χ0n) is 9.66. The van der Waals surface area contributed by atoms with E-state index in [1.807, 2.05) is 19.1 Å². The third-order valence-corrected chi connectivity index (χ3v) is 2.64. The van der Waals surface area contributed by atoms with E-state index in [2.05, 4.69) is 0 Å². The van der Waals surface area contributed by atoms with E-state index in [0.29, 0.717) is 22.8 Å². The maximum atomic E-state index is 5.97. The van der Waals surface area contributed by atoms with Gasteiger partial charge < -0.3 is 19.6 Å². The Morgan fingerprint density at radius 3 is 2.56 bits per heavy atom. The van der Waals surface area contributed by atoms with E-state index < -0.39 is 0 Å². The number of nitrogens with two attached hydrogens (primary N) is 1. The molecule has 0 atom stereocenters. The van der Waals surface area contributed by atoms with E-state index in [1.165, 1.54) is 0 Å². The van der Waals surface area contributed by atoms with Crippen LogP contribution in [0.4, 0.5) is 5.69 Å². The molecule has 1 heterocycles. The minimum atomic E-state index is 0.589. The topological polar surface area (TPSA) is 57.6 Å². The number of hydrogen-bond acceptors (Lipinski definition) is 4. The van der Waals surface area contributed by atoms with Crippen molar-refractivity contribution < 1.29 is 13.9 Å². The molecule has 4 nitrogen and oxygen atoms in total. The summed E-state index contributed by atoms with van der Waals surface area (Å²) in [4.78, 5) is 0. The molecule has 16 heavy (non-hydrogen) atoms. The van der Waals surface area contributed by atoms with E-state index in [-0.39, 0.29) is 0 Å². The van der Waals surface area contributed by atoms with Crippen LogP contribution in [-0.4, -0.2) is 14.2 Å². The summed E-state index contributed by atoms with van der Waals surface area (Å²) >= 11 is 0. The van der Waals surface area contributed by atoms with Crippen LogP contribution >= 0.6 is 0 Å². The van der Waals surface area contributed by atoms with Crippen molar-refractivity contribution in [2.45, 2.75) is 13.3 Å². The number of nitrogen functional groups attached to an aromatic ring is 1. The SMILES string of the molecule is CCc1oc2c(OC)c(OC)ccc2c1N. The van der Waals surface area contributed by atoms with Gasteiger partial charge in [0.15, 0.2) is 11.3 Å². The van der Waals surface area contributed by atoms with Crippen molar-refractivity contribution in [3.05, 3.63) is 17.9 Å². The average Bonchev–Trinajstić information content (AvgIpc) is 2.65. The van der Waals surface area contributed by atoms with Gasteiger partial charge in [-0.15, -0.1) is 0 Å². The largest absolute Gasteiger partial charge is 0.493 e. The van der Waals surface area contributed by atoms with E-state index >= 15 is 0 Å². The molecule has 2 rings (SSSR count). The quantitative estimate of drug-likeness (QED) is 0.865. The summed E-state index contributed by atoms with van der Waals surface area (Å²) in [7, 11) is 3.18. The monoisotopic (exact) mass is 221 g/mol. The Morgan fingerprint density at radius 2 is 2.00 bits per heavy atom. The second-order valence-corrected chi connectivity index (χ2v) is 3.47. The normalized spacial score (nSPS) is 10.7. The van der Waals surface area contributed by atoms with Gasteiger partial charge in [0.05, 0.1) is 19.9 Å². The Labute approximate surface area is 93.9 Å². The maximum absolute atomic E-state index is 5.97. The van der Waals surface area contributed by atoms with E-state index in [0.717, 1.165) is 17.6 Å². The molecule has 0 spiro atoms. The Kier molecular flexibility index (Phi) is 2.64. The van der Waals surface area contributed by atoms with Crippen LogP contribution in [0.5, 0.6) is 11.5 Å². The molecule has 1 aromatic heterocycles. The average molecular weight is 221 g/mol. The van der Waals surface area contributed by atoms with Crippen LogP contribution in [0.3, 0.4) is 0 Å². The number of fused-ring (bicyclic) bond motifs is 1. The standard InChI is InChI=1S/C12H15NO3/c1-4-8-10(13)7-5-6-9(14-2)12(15-3)11(7)16-8/h5-6H,4,13H2,1-3H3. The van der Waals surface area contributed by atoms with Crippen molar-refractivity contribution in [2.75, 3.05) is 20.0 Å². The number of aryl methyl sites for hydroxylation is 1. The van der Waals surface area contributed by atoms with Crippen LogP contribution in [0.2, 0.25) is 0 Å². The van der Waals surface area contributed by atoms with Crippen LogP contribution in [-0.2, 0) is 6.42 Å². The van der Waals surface area contributed by atoms with Crippen molar-refractivity contribution in [3.8, 4) is 11.5 Å². The first-order chi connectivity index (χ1) is 7.72.